The fraction of sp³-hybridized carbons (Fsp3) is 0.103. The lowest BCUT2D eigenvalue weighted by Gasteiger charge is -2.21. The number of halogens is 1. The summed E-state index contributed by atoms with van der Waals surface area (Å²) in [5, 5.41) is 4.41. The van der Waals surface area contributed by atoms with Crippen LogP contribution < -0.4 is 16.6 Å². The Morgan fingerprint density at radius 3 is 2.49 bits per heavy atom. The number of amides is 1. The summed E-state index contributed by atoms with van der Waals surface area (Å²) < 4.78 is 1.57. The van der Waals surface area contributed by atoms with Crippen molar-refractivity contribution in [2.75, 3.05) is 5.73 Å². The SMILES string of the molecule is Cc1ccc(-c2cnc(N)c(C(=O)NC(C)c3cc4cccc(Cl)c4c(=O)n3-c3ccccc3)n2)cc1. The van der Waals surface area contributed by atoms with Gasteiger partial charge in [0.15, 0.2) is 11.5 Å². The quantitative estimate of drug-likeness (QED) is 0.326. The number of hydrogen-bond donors (Lipinski definition) is 2. The second-order valence-corrected chi connectivity index (χ2v) is 9.21. The van der Waals surface area contributed by atoms with Crippen LogP contribution in [-0.2, 0) is 0 Å². The molecule has 0 aliphatic rings. The number of nitrogens with one attached hydrogen (secondary N) is 1. The minimum atomic E-state index is -0.576. The van der Waals surface area contributed by atoms with Crippen LogP contribution in [0.2, 0.25) is 5.02 Å². The standard InChI is InChI=1S/C29H24ClN5O2/c1-17-11-13-19(14-12-17)23-16-32-27(31)26(34-23)28(36)33-18(2)24-15-20-7-6-10-22(30)25(20)29(37)35(24)21-8-4-3-5-9-21/h3-16,18H,1-2H3,(H2,31,32)(H,33,36). The predicted molar refractivity (Wildman–Crippen MR) is 147 cm³/mol. The molecule has 1 amide bonds. The number of carbonyl (C=O) groups excluding carboxylic acids is 1. The van der Waals surface area contributed by atoms with Crippen LogP contribution in [0.4, 0.5) is 5.82 Å². The lowest BCUT2D eigenvalue weighted by Crippen LogP contribution is -2.33. The normalized spacial score (nSPS) is 11.9. The molecule has 0 fully saturated rings. The van der Waals surface area contributed by atoms with Gasteiger partial charge >= 0.3 is 0 Å². The van der Waals surface area contributed by atoms with Crippen LogP contribution in [0.25, 0.3) is 27.7 Å². The summed E-state index contributed by atoms with van der Waals surface area (Å²) in [6, 6.07) is 23.6. The van der Waals surface area contributed by atoms with Crippen LogP contribution in [-0.4, -0.2) is 20.4 Å². The first-order valence-electron chi connectivity index (χ1n) is 11.7. The van der Waals surface area contributed by atoms with E-state index in [1.807, 2.05) is 73.7 Å². The van der Waals surface area contributed by atoms with Crippen molar-refractivity contribution < 1.29 is 4.79 Å². The minimum absolute atomic E-state index is 0.0161. The predicted octanol–water partition coefficient (Wildman–Crippen LogP) is 5.48. The van der Waals surface area contributed by atoms with E-state index in [4.69, 9.17) is 17.3 Å². The van der Waals surface area contributed by atoms with Gasteiger partial charge in [0.2, 0.25) is 0 Å². The molecule has 5 aromatic rings. The minimum Gasteiger partial charge on any atom is -0.382 e. The Morgan fingerprint density at radius 2 is 1.76 bits per heavy atom. The fourth-order valence-corrected chi connectivity index (χ4v) is 4.53. The van der Waals surface area contributed by atoms with E-state index in [1.54, 1.807) is 29.8 Å². The molecule has 3 aromatic carbocycles. The third-order valence-corrected chi connectivity index (χ3v) is 6.51. The number of anilines is 1. The van der Waals surface area contributed by atoms with Gasteiger partial charge in [0.1, 0.15) is 0 Å². The third kappa shape index (κ3) is 4.69. The Bertz CT molecular complexity index is 1680. The number of nitrogen functional groups attached to an aromatic ring is 1. The van der Waals surface area contributed by atoms with Crippen LogP contribution in [0, 0.1) is 6.92 Å². The number of carbonyl (C=O) groups is 1. The van der Waals surface area contributed by atoms with Crippen molar-refractivity contribution in [3.8, 4) is 16.9 Å². The van der Waals surface area contributed by atoms with Gasteiger partial charge in [-0.2, -0.15) is 0 Å². The van der Waals surface area contributed by atoms with E-state index in [1.165, 1.54) is 0 Å². The molecule has 7 nitrogen and oxygen atoms in total. The Kier molecular flexibility index (Phi) is 6.46. The molecule has 184 valence electrons. The number of hydrogen-bond acceptors (Lipinski definition) is 5. The van der Waals surface area contributed by atoms with Gasteiger partial charge in [-0.1, -0.05) is 71.8 Å². The Balaban J connectivity index is 1.56. The maximum atomic E-state index is 13.6. The summed E-state index contributed by atoms with van der Waals surface area (Å²) in [6.07, 6.45) is 1.54. The first-order valence-corrected chi connectivity index (χ1v) is 12.1. The van der Waals surface area contributed by atoms with Gasteiger partial charge in [-0.25, -0.2) is 9.97 Å². The molecule has 0 aliphatic carbocycles. The molecular formula is C29H24ClN5O2. The van der Waals surface area contributed by atoms with Crippen molar-refractivity contribution in [3.05, 3.63) is 117 Å². The molecule has 0 saturated carbocycles. The van der Waals surface area contributed by atoms with Crippen molar-refractivity contribution in [3.63, 3.8) is 0 Å². The largest absolute Gasteiger partial charge is 0.382 e. The van der Waals surface area contributed by atoms with Gasteiger partial charge in [0.05, 0.1) is 28.3 Å². The van der Waals surface area contributed by atoms with Crippen LogP contribution in [0.5, 0.6) is 0 Å². The summed E-state index contributed by atoms with van der Waals surface area (Å²) in [5.41, 5.74) is 9.50. The molecule has 0 spiro atoms. The highest BCUT2D eigenvalue weighted by molar-refractivity contribution is 6.35. The van der Waals surface area contributed by atoms with E-state index in [0.29, 0.717) is 32.9 Å². The first-order chi connectivity index (χ1) is 17.8. The Morgan fingerprint density at radius 1 is 1.03 bits per heavy atom. The van der Waals surface area contributed by atoms with Crippen LogP contribution in [0.1, 0.15) is 34.7 Å². The number of aryl methyl sites for hydroxylation is 1. The summed E-state index contributed by atoms with van der Waals surface area (Å²) in [4.78, 5) is 35.7. The van der Waals surface area contributed by atoms with E-state index in [0.717, 1.165) is 11.1 Å². The van der Waals surface area contributed by atoms with Crippen molar-refractivity contribution in [1.29, 1.82) is 0 Å². The Labute approximate surface area is 218 Å². The summed E-state index contributed by atoms with van der Waals surface area (Å²) in [5.74, 6) is -0.476. The fourth-order valence-electron chi connectivity index (χ4n) is 4.27. The van der Waals surface area contributed by atoms with Crippen LogP contribution in [0.15, 0.2) is 89.9 Å². The average Bonchev–Trinajstić information content (AvgIpc) is 2.89. The zero-order valence-corrected chi connectivity index (χ0v) is 21.0. The zero-order chi connectivity index (χ0) is 26.1. The highest BCUT2D eigenvalue weighted by Gasteiger charge is 2.22. The van der Waals surface area contributed by atoms with Gasteiger partial charge < -0.3 is 11.1 Å². The third-order valence-electron chi connectivity index (χ3n) is 6.19. The number of para-hydroxylation sites is 1. The lowest BCUT2D eigenvalue weighted by atomic mass is 10.1. The van der Waals surface area contributed by atoms with Crippen molar-refractivity contribution in [2.45, 2.75) is 19.9 Å². The van der Waals surface area contributed by atoms with Gasteiger partial charge in [0.25, 0.3) is 11.5 Å². The topological polar surface area (TPSA) is 103 Å². The lowest BCUT2D eigenvalue weighted by molar-refractivity contribution is 0.0934. The van der Waals surface area contributed by atoms with Crippen molar-refractivity contribution in [2.24, 2.45) is 0 Å². The number of nitrogens with two attached hydrogens (primary N) is 1. The second kappa shape index (κ2) is 9.87. The molecule has 8 heteroatoms. The van der Waals surface area contributed by atoms with Gasteiger partial charge in [-0.15, -0.1) is 0 Å². The molecular weight excluding hydrogens is 486 g/mol. The average molecular weight is 510 g/mol. The van der Waals surface area contributed by atoms with Gasteiger partial charge in [0, 0.05) is 16.9 Å². The van der Waals surface area contributed by atoms with E-state index in [-0.39, 0.29) is 17.1 Å². The Hall–Kier alpha value is -4.49. The van der Waals surface area contributed by atoms with E-state index in [2.05, 4.69) is 15.3 Å². The number of aromatic nitrogens is 3. The van der Waals surface area contributed by atoms with E-state index < -0.39 is 11.9 Å². The molecule has 1 atom stereocenters. The van der Waals surface area contributed by atoms with Gasteiger partial charge in [-0.3, -0.25) is 14.2 Å². The van der Waals surface area contributed by atoms with E-state index in [9.17, 15) is 9.59 Å². The molecule has 0 aliphatic heterocycles. The number of pyridine rings is 1. The molecule has 37 heavy (non-hydrogen) atoms. The van der Waals surface area contributed by atoms with E-state index >= 15 is 0 Å². The molecule has 2 aromatic heterocycles. The smallest absolute Gasteiger partial charge is 0.274 e. The molecule has 2 heterocycles. The maximum Gasteiger partial charge on any atom is 0.274 e. The first kappa shape index (κ1) is 24.2. The molecule has 0 bridgehead atoms. The molecule has 1 unspecified atom stereocenters. The number of fused-ring (bicyclic) bond motifs is 1. The molecule has 0 saturated heterocycles. The van der Waals surface area contributed by atoms with Crippen LogP contribution in [0.3, 0.4) is 0 Å². The second-order valence-electron chi connectivity index (χ2n) is 8.80. The number of benzene rings is 3. The maximum absolute atomic E-state index is 13.6. The summed E-state index contributed by atoms with van der Waals surface area (Å²) in [7, 11) is 0. The monoisotopic (exact) mass is 509 g/mol. The highest BCUT2D eigenvalue weighted by atomic mass is 35.5. The van der Waals surface area contributed by atoms with Gasteiger partial charge in [-0.05, 0) is 43.5 Å². The van der Waals surface area contributed by atoms with Crippen LogP contribution >= 0.6 is 11.6 Å². The van der Waals surface area contributed by atoms with Crippen molar-refractivity contribution in [1.82, 2.24) is 19.9 Å². The molecule has 0 radical (unpaired) electrons. The summed E-state index contributed by atoms with van der Waals surface area (Å²) >= 11 is 6.40. The number of rotatable bonds is 5. The summed E-state index contributed by atoms with van der Waals surface area (Å²) in [6.45, 7) is 3.80. The number of nitrogens with zero attached hydrogens (tertiary/aromatic N) is 3. The zero-order valence-electron chi connectivity index (χ0n) is 20.3. The van der Waals surface area contributed by atoms with Crippen molar-refractivity contribution >= 4 is 34.1 Å². The highest BCUT2D eigenvalue weighted by Crippen LogP contribution is 2.26. The molecule has 3 N–H and O–H groups in total. The molecule has 5 rings (SSSR count).